The molecule has 1 unspecified atom stereocenters. The van der Waals surface area contributed by atoms with E-state index < -0.39 is 23.8 Å². The molecule has 0 bridgehead atoms. The van der Waals surface area contributed by atoms with Crippen LogP contribution in [0.4, 0.5) is 21.6 Å². The number of aliphatic imine (C=N–C) groups is 1. The van der Waals surface area contributed by atoms with E-state index >= 15 is 4.39 Å². The molecule has 0 aliphatic carbocycles. The number of nitrogens with zero attached hydrogens (tertiary/aromatic N) is 7. The number of amides is 4. The molecule has 0 radical (unpaired) electrons. The third kappa shape index (κ3) is 8.76. The molecule has 2 aromatic heterocycles. The second-order valence-electron chi connectivity index (χ2n) is 17.4. The number of hydrogen-bond donors (Lipinski definition) is 4. The Bertz CT molecular complexity index is 2660. The minimum atomic E-state index is -1.05. The molecule has 3 saturated heterocycles. The lowest BCUT2D eigenvalue weighted by Gasteiger charge is -2.44. The SMILES string of the molecule is CNC(=O)C(CCC=O)N1C(=O)c2ccc(N3CCC(N4CCC(N5CC/C(=C/C(N)=N/c6cc7cc(-c8cnc9c(c8C)NCCO9)c(F)cc7cn6)NCC5=O)CC4)CC3)cc2C1=O. The van der Waals surface area contributed by atoms with Gasteiger partial charge >= 0.3 is 0 Å². The lowest BCUT2D eigenvalue weighted by atomic mass is 9.96. The molecule has 7 heterocycles. The summed E-state index contributed by atoms with van der Waals surface area (Å²) in [6.45, 7) is 7.16. The molecular weight excluding hydrogens is 846 g/mol. The normalized spacial score (nSPS) is 19.8. The quantitative estimate of drug-likeness (QED) is 0.0726. The molecule has 4 amide bonds. The van der Waals surface area contributed by atoms with Crippen molar-refractivity contribution in [3.8, 4) is 17.0 Å². The van der Waals surface area contributed by atoms with Crippen LogP contribution in [-0.2, 0) is 14.4 Å². The summed E-state index contributed by atoms with van der Waals surface area (Å²) in [6.07, 6.45) is 9.97. The number of ether oxygens (including phenoxy) is 1. The predicted octanol–water partition coefficient (Wildman–Crippen LogP) is 4.07. The standard InChI is InChI=1S/C48H54FN11O6/c1-28-38(26-55-46-44(28)52-12-19-66-46)36-20-29-22-42(54-25-30(29)21-39(36)49)56-41(50)23-31-7-17-59(43(62)27-53-31)33-10-15-57(16-11-33)32-8-13-58(14-9-32)34-5-6-35-37(24-34)48(65)60(47(35)64)40(4-3-18-61)45(63)51-2/h5-6,18,20-26,32-33,40,52-53H,3-4,7-17,19,27H2,1-2H3,(H,51,63)(H2,50,54,56)/b31-23-. The Balaban J connectivity index is 0.780. The molecule has 9 rings (SSSR count). The van der Waals surface area contributed by atoms with Crippen LogP contribution in [0.15, 0.2) is 65.6 Å². The zero-order valence-electron chi connectivity index (χ0n) is 37.1. The van der Waals surface area contributed by atoms with E-state index in [-0.39, 0.29) is 54.1 Å². The van der Waals surface area contributed by atoms with Crippen molar-refractivity contribution in [1.82, 2.24) is 35.3 Å². The fourth-order valence-electron chi connectivity index (χ4n) is 10.1. The molecule has 5 aliphatic rings. The monoisotopic (exact) mass is 899 g/mol. The maximum atomic E-state index is 15.4. The van der Waals surface area contributed by atoms with Crippen LogP contribution in [0.25, 0.3) is 21.9 Å². The molecule has 0 saturated carbocycles. The van der Waals surface area contributed by atoms with E-state index in [0.29, 0.717) is 66.7 Å². The summed E-state index contributed by atoms with van der Waals surface area (Å²) in [4.78, 5) is 85.0. The number of piperidine rings is 2. The van der Waals surface area contributed by atoms with Gasteiger partial charge < -0.3 is 45.9 Å². The second kappa shape index (κ2) is 18.9. The van der Waals surface area contributed by atoms with E-state index in [0.717, 1.165) is 84.8 Å². The summed E-state index contributed by atoms with van der Waals surface area (Å²) in [6, 6.07) is 9.76. The summed E-state index contributed by atoms with van der Waals surface area (Å²) in [5, 5.41) is 10.5. The van der Waals surface area contributed by atoms with Gasteiger partial charge in [0.25, 0.3) is 11.8 Å². The van der Waals surface area contributed by atoms with Crippen LogP contribution in [0.3, 0.4) is 0 Å². The number of benzene rings is 2. The third-order valence-electron chi connectivity index (χ3n) is 13.6. The number of rotatable bonds is 11. The van der Waals surface area contributed by atoms with E-state index in [2.05, 4.69) is 40.7 Å². The average Bonchev–Trinajstić information content (AvgIpc) is 3.44. The fraction of sp³-hybridized carbons (Fsp3) is 0.417. The first-order valence-corrected chi connectivity index (χ1v) is 22.7. The lowest BCUT2D eigenvalue weighted by Crippen LogP contribution is -2.52. The average molecular weight is 900 g/mol. The number of nitrogens with two attached hydrogens (primary N) is 1. The van der Waals surface area contributed by atoms with Gasteiger partial charge in [0, 0.05) is 112 Å². The maximum Gasteiger partial charge on any atom is 0.262 e. The number of pyridine rings is 2. The van der Waals surface area contributed by atoms with Crippen LogP contribution < -0.4 is 31.3 Å². The second-order valence-corrected chi connectivity index (χ2v) is 17.4. The Labute approximate surface area is 381 Å². The summed E-state index contributed by atoms with van der Waals surface area (Å²) in [7, 11) is 1.44. The highest BCUT2D eigenvalue weighted by atomic mass is 19.1. The number of nitrogens with one attached hydrogen (secondary N) is 3. The highest BCUT2D eigenvalue weighted by molar-refractivity contribution is 6.23. The first-order valence-electron chi connectivity index (χ1n) is 22.7. The lowest BCUT2D eigenvalue weighted by molar-refractivity contribution is -0.133. The third-order valence-corrected chi connectivity index (χ3v) is 13.6. The largest absolute Gasteiger partial charge is 0.474 e. The van der Waals surface area contributed by atoms with Crippen molar-refractivity contribution in [3.63, 3.8) is 0 Å². The molecule has 5 N–H and O–H groups in total. The van der Waals surface area contributed by atoms with Gasteiger partial charge in [0.1, 0.15) is 36.3 Å². The Kier molecular flexibility index (Phi) is 12.7. The van der Waals surface area contributed by atoms with Crippen molar-refractivity contribution < 1.29 is 33.1 Å². The smallest absolute Gasteiger partial charge is 0.262 e. The molecular formula is C48H54FN11O6. The van der Waals surface area contributed by atoms with Crippen LogP contribution in [0.2, 0.25) is 0 Å². The molecule has 2 aromatic carbocycles. The summed E-state index contributed by atoms with van der Waals surface area (Å²) >= 11 is 0. The molecule has 3 fully saturated rings. The molecule has 17 nitrogen and oxygen atoms in total. The van der Waals surface area contributed by atoms with Gasteiger partial charge in [-0.25, -0.2) is 19.4 Å². The van der Waals surface area contributed by atoms with Gasteiger partial charge in [-0.05, 0) is 92.5 Å². The molecule has 18 heteroatoms. The number of amidine groups is 1. The first kappa shape index (κ1) is 44.3. The van der Waals surface area contributed by atoms with Crippen LogP contribution >= 0.6 is 0 Å². The summed E-state index contributed by atoms with van der Waals surface area (Å²) in [5.41, 5.74) is 11.3. The number of hydrogen-bond acceptors (Lipinski definition) is 13. The van der Waals surface area contributed by atoms with Gasteiger partial charge in [-0.15, -0.1) is 0 Å². The van der Waals surface area contributed by atoms with Crippen LogP contribution in [0, 0.1) is 12.7 Å². The van der Waals surface area contributed by atoms with Gasteiger partial charge in [0.05, 0.1) is 17.7 Å². The Morgan fingerprint density at radius 1 is 0.939 bits per heavy atom. The van der Waals surface area contributed by atoms with Crippen LogP contribution in [-0.4, -0.2) is 138 Å². The van der Waals surface area contributed by atoms with Crippen molar-refractivity contribution in [2.75, 3.05) is 69.7 Å². The predicted molar refractivity (Wildman–Crippen MR) is 247 cm³/mol. The first-order chi connectivity index (χ1) is 32.0. The van der Waals surface area contributed by atoms with Gasteiger partial charge in [0.15, 0.2) is 5.82 Å². The number of halogens is 1. The number of imide groups is 1. The van der Waals surface area contributed by atoms with E-state index in [4.69, 9.17) is 10.5 Å². The number of aldehydes is 1. The number of carbonyl (C=O) groups excluding carboxylic acids is 5. The van der Waals surface area contributed by atoms with Gasteiger partial charge in [0.2, 0.25) is 17.7 Å². The number of carbonyl (C=O) groups is 5. The summed E-state index contributed by atoms with van der Waals surface area (Å²) < 4.78 is 21.1. The Hall–Kier alpha value is -6.95. The topological polar surface area (TPSA) is 208 Å². The summed E-state index contributed by atoms with van der Waals surface area (Å²) in [5.74, 6) is -0.744. The van der Waals surface area contributed by atoms with E-state index in [1.54, 1.807) is 42.7 Å². The Morgan fingerprint density at radius 2 is 1.71 bits per heavy atom. The molecule has 0 spiro atoms. The fourth-order valence-corrected chi connectivity index (χ4v) is 10.1. The van der Waals surface area contributed by atoms with Crippen LogP contribution in [0.5, 0.6) is 5.88 Å². The van der Waals surface area contributed by atoms with Crippen molar-refractivity contribution in [1.29, 1.82) is 0 Å². The molecule has 4 aromatic rings. The minimum Gasteiger partial charge on any atom is -0.474 e. The molecule has 1 atom stereocenters. The van der Waals surface area contributed by atoms with Gasteiger partial charge in [-0.1, -0.05) is 0 Å². The Morgan fingerprint density at radius 3 is 2.48 bits per heavy atom. The van der Waals surface area contributed by atoms with E-state index in [1.807, 2.05) is 17.9 Å². The number of anilines is 2. The number of fused-ring (bicyclic) bond motifs is 3. The highest BCUT2D eigenvalue weighted by Gasteiger charge is 2.43. The molecule has 5 aliphatic heterocycles. The van der Waals surface area contributed by atoms with E-state index in [1.165, 1.54) is 13.1 Å². The van der Waals surface area contributed by atoms with Crippen molar-refractivity contribution >= 4 is 63.7 Å². The zero-order chi connectivity index (χ0) is 46.1. The number of likely N-dealkylation sites (tertiary alicyclic amines) is 1. The maximum absolute atomic E-state index is 15.4. The highest BCUT2D eigenvalue weighted by Crippen LogP contribution is 2.38. The van der Waals surface area contributed by atoms with Crippen molar-refractivity contribution in [2.45, 2.75) is 70.0 Å². The minimum absolute atomic E-state index is 0.0512. The molecule has 66 heavy (non-hydrogen) atoms. The van der Waals surface area contributed by atoms with Gasteiger partial charge in [-0.3, -0.25) is 24.1 Å². The number of likely N-dealkylation sites (N-methyl/N-ethyl adjacent to an activating group) is 1. The number of aromatic nitrogens is 2. The van der Waals surface area contributed by atoms with Crippen molar-refractivity contribution in [3.05, 3.63) is 83.1 Å². The van der Waals surface area contributed by atoms with Crippen molar-refractivity contribution in [2.24, 2.45) is 10.7 Å². The van der Waals surface area contributed by atoms with Crippen LogP contribution in [0.1, 0.15) is 71.2 Å². The zero-order valence-corrected chi connectivity index (χ0v) is 37.1. The van der Waals surface area contributed by atoms with E-state index in [9.17, 15) is 24.0 Å². The van der Waals surface area contributed by atoms with Gasteiger partial charge in [-0.2, -0.15) is 0 Å². The molecule has 344 valence electrons.